The van der Waals surface area contributed by atoms with Gasteiger partial charge in [-0.25, -0.2) is 0 Å². The molecule has 1 amide bonds. The van der Waals surface area contributed by atoms with Crippen molar-refractivity contribution in [2.45, 2.75) is 63.9 Å². The number of aliphatic carboxylic acids is 1. The maximum atomic E-state index is 12.3. The summed E-state index contributed by atoms with van der Waals surface area (Å²) in [6.45, 7) is 3.00. The molecular formula is C17H26N2O11. The Labute approximate surface area is 172 Å². The molecule has 4 N–H and O–H groups in total. The van der Waals surface area contributed by atoms with Crippen LogP contribution in [0.5, 0.6) is 0 Å². The summed E-state index contributed by atoms with van der Waals surface area (Å²) in [6.07, 6.45) is -5.57. The molecule has 0 aliphatic carbocycles. The third-order valence-corrected chi connectivity index (χ3v) is 3.97. The highest BCUT2D eigenvalue weighted by molar-refractivity contribution is 5.86. The van der Waals surface area contributed by atoms with E-state index in [1.54, 1.807) is 0 Å². The maximum absolute atomic E-state index is 12.3. The Morgan fingerprint density at radius 1 is 1.03 bits per heavy atom. The lowest BCUT2D eigenvalue weighted by molar-refractivity contribution is -0.271. The first-order valence-corrected chi connectivity index (χ1v) is 8.90. The number of hydrogen-bond acceptors (Lipinski definition) is 11. The van der Waals surface area contributed by atoms with Crippen LogP contribution in [-0.2, 0) is 47.7 Å². The highest BCUT2D eigenvalue weighted by Crippen LogP contribution is 2.27. The van der Waals surface area contributed by atoms with Gasteiger partial charge in [-0.05, 0) is 0 Å². The molecule has 1 fully saturated rings. The van der Waals surface area contributed by atoms with Crippen LogP contribution in [0.3, 0.4) is 0 Å². The molecule has 0 aromatic heterocycles. The summed E-state index contributed by atoms with van der Waals surface area (Å²) >= 11 is 0. The Hall–Kier alpha value is -2.77. The van der Waals surface area contributed by atoms with Crippen molar-refractivity contribution < 1.29 is 52.8 Å². The second-order valence-corrected chi connectivity index (χ2v) is 6.47. The van der Waals surface area contributed by atoms with Gasteiger partial charge in [0, 0.05) is 27.9 Å². The van der Waals surface area contributed by atoms with E-state index in [1.165, 1.54) is 7.11 Å². The van der Waals surface area contributed by atoms with Crippen molar-refractivity contribution in [3.8, 4) is 0 Å². The van der Waals surface area contributed by atoms with Crippen LogP contribution in [0.4, 0.5) is 0 Å². The molecule has 0 aromatic carbocycles. The van der Waals surface area contributed by atoms with E-state index in [0.29, 0.717) is 0 Å². The van der Waals surface area contributed by atoms with Crippen molar-refractivity contribution in [2.24, 2.45) is 5.73 Å². The van der Waals surface area contributed by atoms with Gasteiger partial charge in [0.2, 0.25) is 5.91 Å². The molecule has 0 radical (unpaired) electrons. The zero-order valence-electron chi connectivity index (χ0n) is 17.0. The van der Waals surface area contributed by atoms with Crippen LogP contribution in [-0.4, -0.2) is 85.3 Å². The van der Waals surface area contributed by atoms with E-state index < -0.39 is 72.9 Å². The number of carbonyl (C=O) groups excluding carboxylic acids is 4. The van der Waals surface area contributed by atoms with Gasteiger partial charge in [-0.3, -0.25) is 24.0 Å². The van der Waals surface area contributed by atoms with Crippen LogP contribution in [0.1, 0.15) is 27.2 Å². The van der Waals surface area contributed by atoms with Crippen molar-refractivity contribution in [1.82, 2.24) is 5.32 Å². The maximum Gasteiger partial charge on any atom is 0.305 e. The van der Waals surface area contributed by atoms with E-state index in [1.807, 2.05) is 0 Å². The highest BCUT2D eigenvalue weighted by Gasteiger charge is 2.51. The summed E-state index contributed by atoms with van der Waals surface area (Å²) in [5.41, 5.74) is 5.57. The van der Waals surface area contributed by atoms with E-state index in [2.05, 4.69) is 5.32 Å². The van der Waals surface area contributed by atoms with Crippen LogP contribution in [0.2, 0.25) is 0 Å². The molecule has 0 aromatic rings. The second-order valence-electron chi connectivity index (χ2n) is 6.47. The summed E-state index contributed by atoms with van der Waals surface area (Å²) in [4.78, 5) is 57.6. The number of nitrogens with one attached hydrogen (secondary N) is 1. The fourth-order valence-corrected chi connectivity index (χ4v) is 2.81. The molecule has 1 aliphatic rings. The van der Waals surface area contributed by atoms with Crippen molar-refractivity contribution in [1.29, 1.82) is 0 Å². The Morgan fingerprint density at radius 3 is 2.07 bits per heavy atom. The van der Waals surface area contributed by atoms with Gasteiger partial charge < -0.3 is 39.8 Å². The number of methoxy groups -OCH3 is 1. The van der Waals surface area contributed by atoms with Gasteiger partial charge in [0.05, 0.1) is 12.5 Å². The average Bonchev–Trinajstić information content (AvgIpc) is 2.61. The van der Waals surface area contributed by atoms with E-state index >= 15 is 0 Å². The van der Waals surface area contributed by atoms with Crippen LogP contribution < -0.4 is 11.1 Å². The zero-order valence-corrected chi connectivity index (χ0v) is 17.0. The van der Waals surface area contributed by atoms with E-state index in [0.717, 1.165) is 20.8 Å². The number of ether oxygens (including phenoxy) is 5. The van der Waals surface area contributed by atoms with E-state index in [-0.39, 0.29) is 6.61 Å². The number of esters is 3. The molecule has 6 atom stereocenters. The Balaban J connectivity index is 3.22. The molecule has 30 heavy (non-hydrogen) atoms. The monoisotopic (exact) mass is 434 g/mol. The van der Waals surface area contributed by atoms with Crippen molar-refractivity contribution in [3.63, 3.8) is 0 Å². The summed E-state index contributed by atoms with van der Waals surface area (Å²) in [7, 11) is 1.24. The van der Waals surface area contributed by atoms with Gasteiger partial charge >= 0.3 is 23.9 Å². The number of carbonyl (C=O) groups is 5. The lowest BCUT2D eigenvalue weighted by Gasteiger charge is -2.44. The minimum absolute atomic E-state index is 0.357. The summed E-state index contributed by atoms with van der Waals surface area (Å²) in [5, 5.41) is 11.2. The predicted molar refractivity (Wildman–Crippen MR) is 95.6 cm³/mol. The second kappa shape index (κ2) is 11.4. The highest BCUT2D eigenvalue weighted by atomic mass is 16.7. The fourth-order valence-electron chi connectivity index (χ4n) is 2.81. The predicted octanol–water partition coefficient (Wildman–Crippen LogP) is -1.93. The number of hydrogen-bond donors (Lipinski definition) is 3. The SMILES string of the molecule is CO[C@@H]1O[C@H](COC(C)=O)[C@@H](OC(C)=O)[C@H](OC(C)=O)[C@H]1NC(=O)[C@@H](N)CC(=O)O. The Morgan fingerprint density at radius 2 is 1.60 bits per heavy atom. The number of nitrogens with two attached hydrogens (primary N) is 1. The first kappa shape index (κ1) is 25.3. The summed E-state index contributed by atoms with van der Waals surface area (Å²) in [5.74, 6) is -4.33. The van der Waals surface area contributed by atoms with Gasteiger partial charge in [0.25, 0.3) is 0 Å². The molecule has 13 heteroatoms. The quantitative estimate of drug-likeness (QED) is 0.269. The van der Waals surface area contributed by atoms with Gasteiger partial charge in [-0.1, -0.05) is 0 Å². The molecule has 1 heterocycles. The number of carboxylic acid groups (broad SMARTS) is 1. The molecule has 0 bridgehead atoms. The average molecular weight is 434 g/mol. The van der Waals surface area contributed by atoms with Gasteiger partial charge in [0.1, 0.15) is 18.8 Å². The number of rotatable bonds is 9. The third kappa shape index (κ3) is 7.57. The molecule has 0 unspecified atom stereocenters. The first-order valence-electron chi connectivity index (χ1n) is 8.90. The van der Waals surface area contributed by atoms with Crippen molar-refractivity contribution >= 4 is 29.8 Å². The van der Waals surface area contributed by atoms with E-state index in [9.17, 15) is 24.0 Å². The van der Waals surface area contributed by atoms with Crippen LogP contribution in [0, 0.1) is 0 Å². The smallest absolute Gasteiger partial charge is 0.305 e. The topological polar surface area (TPSA) is 190 Å². The molecular weight excluding hydrogens is 408 g/mol. The molecule has 1 rings (SSSR count). The van der Waals surface area contributed by atoms with Crippen LogP contribution >= 0.6 is 0 Å². The minimum atomic E-state index is -1.41. The minimum Gasteiger partial charge on any atom is -0.481 e. The third-order valence-electron chi connectivity index (χ3n) is 3.97. The van der Waals surface area contributed by atoms with Gasteiger partial charge in [-0.15, -0.1) is 0 Å². The lowest BCUT2D eigenvalue weighted by atomic mass is 9.95. The molecule has 1 saturated heterocycles. The zero-order chi connectivity index (χ0) is 23.0. The molecule has 0 saturated carbocycles. The van der Waals surface area contributed by atoms with Crippen LogP contribution in [0.15, 0.2) is 0 Å². The van der Waals surface area contributed by atoms with Gasteiger partial charge in [0.15, 0.2) is 18.5 Å². The Kier molecular flexibility index (Phi) is 9.62. The standard InChI is InChI=1S/C17H26N2O11/c1-7(20)27-6-11-14(28-8(2)21)15(29-9(3)22)13(17(26-4)30-11)19-16(25)10(18)5-12(23)24/h10-11,13-15,17H,5-6,18H2,1-4H3,(H,19,25)(H,23,24)/t10-,11+,13+,14+,15+,17+/m0/s1. The van der Waals surface area contributed by atoms with Crippen molar-refractivity contribution in [3.05, 3.63) is 0 Å². The molecule has 13 nitrogen and oxygen atoms in total. The normalized spacial score (nSPS) is 26.8. The first-order chi connectivity index (χ1) is 14.0. The summed E-state index contributed by atoms with van der Waals surface area (Å²) in [6, 6.07) is -2.63. The lowest BCUT2D eigenvalue weighted by Crippen LogP contribution is -2.67. The fraction of sp³-hybridized carbons (Fsp3) is 0.706. The van der Waals surface area contributed by atoms with Gasteiger partial charge in [-0.2, -0.15) is 0 Å². The van der Waals surface area contributed by atoms with E-state index in [4.69, 9.17) is 34.5 Å². The van der Waals surface area contributed by atoms with Crippen molar-refractivity contribution in [2.75, 3.05) is 13.7 Å². The molecule has 0 spiro atoms. The molecule has 1 aliphatic heterocycles. The summed E-state index contributed by atoms with van der Waals surface area (Å²) < 4.78 is 26.2. The Bertz CT molecular complexity index is 668. The number of carboxylic acids is 1. The largest absolute Gasteiger partial charge is 0.481 e. The molecule has 170 valence electrons. The number of amides is 1. The van der Waals surface area contributed by atoms with Crippen LogP contribution in [0.25, 0.3) is 0 Å².